The molecular formula is C23H24F3N3O5. The van der Waals surface area contributed by atoms with Gasteiger partial charge < -0.3 is 25.0 Å². The number of morpholine rings is 1. The molecule has 1 saturated heterocycles. The highest BCUT2D eigenvalue weighted by Gasteiger charge is 2.32. The van der Waals surface area contributed by atoms with Gasteiger partial charge in [0.25, 0.3) is 5.91 Å². The van der Waals surface area contributed by atoms with Crippen molar-refractivity contribution in [2.75, 3.05) is 43.1 Å². The minimum atomic E-state index is -4.58. The number of rotatable bonds is 7. The fourth-order valence-electron chi connectivity index (χ4n) is 3.28. The molecular weight excluding hydrogens is 455 g/mol. The molecule has 0 unspecified atom stereocenters. The first-order valence-electron chi connectivity index (χ1n) is 10.5. The smallest absolute Gasteiger partial charge is 0.416 e. The highest BCUT2D eigenvalue weighted by molar-refractivity contribution is 5.97. The van der Waals surface area contributed by atoms with Crippen molar-refractivity contribution < 1.29 is 37.0 Å². The lowest BCUT2D eigenvalue weighted by atomic mass is 10.1. The molecule has 8 nitrogen and oxygen atoms in total. The van der Waals surface area contributed by atoms with E-state index in [9.17, 15) is 27.6 Å². The Balaban J connectivity index is 1.64. The van der Waals surface area contributed by atoms with Crippen LogP contribution in [0.3, 0.4) is 0 Å². The lowest BCUT2D eigenvalue weighted by Gasteiger charge is -2.31. The van der Waals surface area contributed by atoms with Crippen LogP contribution in [0, 0.1) is 0 Å². The van der Waals surface area contributed by atoms with Crippen LogP contribution in [-0.2, 0) is 31.8 Å². The van der Waals surface area contributed by atoms with Gasteiger partial charge in [-0.2, -0.15) is 13.2 Å². The molecule has 1 heterocycles. The summed E-state index contributed by atoms with van der Waals surface area (Å²) in [5, 5.41) is 5.05. The molecule has 0 radical (unpaired) electrons. The van der Waals surface area contributed by atoms with Crippen LogP contribution >= 0.6 is 0 Å². The van der Waals surface area contributed by atoms with E-state index in [0.717, 1.165) is 17.7 Å². The van der Waals surface area contributed by atoms with Crippen LogP contribution in [0.25, 0.3) is 0 Å². The molecule has 1 aliphatic heterocycles. The summed E-state index contributed by atoms with van der Waals surface area (Å²) in [5.74, 6) is -1.73. The van der Waals surface area contributed by atoms with Crippen LogP contribution in [0.5, 0.6) is 0 Å². The van der Waals surface area contributed by atoms with Crippen LogP contribution in [-0.4, -0.2) is 50.7 Å². The molecule has 0 aromatic heterocycles. The van der Waals surface area contributed by atoms with E-state index < -0.39 is 30.2 Å². The van der Waals surface area contributed by atoms with E-state index in [4.69, 9.17) is 9.47 Å². The van der Waals surface area contributed by atoms with Crippen LogP contribution < -0.4 is 15.5 Å². The largest absolute Gasteiger partial charge is 0.452 e. The average molecular weight is 479 g/mol. The number of anilines is 2. The van der Waals surface area contributed by atoms with E-state index in [1.807, 2.05) is 4.90 Å². The molecule has 2 N–H and O–H groups in total. The summed E-state index contributed by atoms with van der Waals surface area (Å²) < 4.78 is 49.9. The summed E-state index contributed by atoms with van der Waals surface area (Å²) in [5.41, 5.74) is 0.444. The van der Waals surface area contributed by atoms with Gasteiger partial charge in [0.2, 0.25) is 5.91 Å². The maximum Gasteiger partial charge on any atom is 0.416 e. The average Bonchev–Trinajstić information content (AvgIpc) is 2.81. The van der Waals surface area contributed by atoms with Crippen molar-refractivity contribution in [2.45, 2.75) is 19.6 Å². The second kappa shape index (κ2) is 11.0. The Labute approximate surface area is 194 Å². The standard InChI is InChI=1S/C23H24F3N3O5/c1-15(30)27-13-16-2-4-17(5-3-16)22(32)34-14-21(31)28-19-12-18(23(24,25)26)6-7-20(19)29-8-10-33-11-9-29/h2-7,12H,8-11,13-14H2,1H3,(H,27,30)(H,28,31). The number of ether oxygens (including phenoxy) is 2. The Hall–Kier alpha value is -3.60. The zero-order chi connectivity index (χ0) is 24.7. The number of carbonyl (C=O) groups excluding carboxylic acids is 3. The second-order valence-electron chi connectivity index (χ2n) is 7.56. The van der Waals surface area contributed by atoms with Gasteiger partial charge in [0.1, 0.15) is 0 Å². The van der Waals surface area contributed by atoms with Gasteiger partial charge in [0.05, 0.1) is 35.7 Å². The molecule has 3 rings (SSSR count). The first kappa shape index (κ1) is 25.0. The monoisotopic (exact) mass is 479 g/mol. The van der Waals surface area contributed by atoms with Gasteiger partial charge in [-0.25, -0.2) is 4.79 Å². The molecule has 1 aliphatic rings. The van der Waals surface area contributed by atoms with Crippen LogP contribution in [0.4, 0.5) is 24.5 Å². The predicted molar refractivity (Wildman–Crippen MR) is 117 cm³/mol. The highest BCUT2D eigenvalue weighted by atomic mass is 19.4. The van der Waals surface area contributed by atoms with Crippen molar-refractivity contribution in [3.05, 3.63) is 59.2 Å². The molecule has 1 fully saturated rings. The summed E-state index contributed by atoms with van der Waals surface area (Å²) in [4.78, 5) is 37.4. The van der Waals surface area contributed by atoms with Crippen molar-refractivity contribution in [3.63, 3.8) is 0 Å². The van der Waals surface area contributed by atoms with E-state index in [1.165, 1.54) is 25.1 Å². The van der Waals surface area contributed by atoms with E-state index in [-0.39, 0.29) is 17.2 Å². The van der Waals surface area contributed by atoms with Crippen molar-refractivity contribution >= 4 is 29.2 Å². The molecule has 0 saturated carbocycles. The number of halogens is 3. The zero-order valence-electron chi connectivity index (χ0n) is 18.4. The highest BCUT2D eigenvalue weighted by Crippen LogP contribution is 2.35. The number of benzene rings is 2. The number of nitrogens with zero attached hydrogens (tertiary/aromatic N) is 1. The SMILES string of the molecule is CC(=O)NCc1ccc(C(=O)OCC(=O)Nc2cc(C(F)(F)F)ccc2N2CCOCC2)cc1. The lowest BCUT2D eigenvalue weighted by molar-refractivity contribution is -0.137. The predicted octanol–water partition coefficient (Wildman–Crippen LogP) is 2.97. The number of carbonyl (C=O) groups is 3. The number of alkyl halides is 3. The summed E-state index contributed by atoms with van der Waals surface area (Å²) in [6.45, 7) is 2.76. The fourth-order valence-corrected chi connectivity index (χ4v) is 3.28. The molecule has 34 heavy (non-hydrogen) atoms. The molecule has 182 valence electrons. The van der Waals surface area contributed by atoms with Gasteiger partial charge in [-0.05, 0) is 35.9 Å². The number of esters is 1. The summed E-state index contributed by atoms with van der Waals surface area (Å²) in [6, 6.07) is 9.35. The van der Waals surface area contributed by atoms with Gasteiger partial charge >= 0.3 is 12.1 Å². The molecule has 2 aromatic rings. The third-order valence-corrected chi connectivity index (χ3v) is 5.02. The third kappa shape index (κ3) is 6.95. The molecule has 0 bridgehead atoms. The van der Waals surface area contributed by atoms with Crippen molar-refractivity contribution in [1.29, 1.82) is 0 Å². The Bertz CT molecular complexity index is 1040. The molecule has 0 atom stereocenters. The summed E-state index contributed by atoms with van der Waals surface area (Å²) in [7, 11) is 0. The quantitative estimate of drug-likeness (QED) is 0.593. The lowest BCUT2D eigenvalue weighted by Crippen LogP contribution is -2.37. The van der Waals surface area contributed by atoms with Crippen LogP contribution in [0.2, 0.25) is 0 Å². The number of hydrogen-bond donors (Lipinski definition) is 2. The van der Waals surface area contributed by atoms with Gasteiger partial charge in [-0.1, -0.05) is 12.1 Å². The number of amides is 2. The maximum absolute atomic E-state index is 13.2. The molecule has 11 heteroatoms. The van der Waals surface area contributed by atoms with Gasteiger partial charge in [0, 0.05) is 26.6 Å². The molecule has 0 spiro atoms. The van der Waals surface area contributed by atoms with Crippen molar-refractivity contribution in [2.24, 2.45) is 0 Å². The number of nitrogens with one attached hydrogen (secondary N) is 2. The summed E-state index contributed by atoms with van der Waals surface area (Å²) >= 11 is 0. The Morgan fingerprint density at radius 2 is 1.74 bits per heavy atom. The van der Waals surface area contributed by atoms with Gasteiger partial charge in [-0.15, -0.1) is 0 Å². The normalized spacial score (nSPS) is 13.8. The first-order chi connectivity index (χ1) is 16.1. The topological polar surface area (TPSA) is 97.0 Å². The van der Waals surface area contributed by atoms with E-state index >= 15 is 0 Å². The maximum atomic E-state index is 13.2. The van der Waals surface area contributed by atoms with E-state index in [2.05, 4.69) is 10.6 Å². The minimum absolute atomic E-state index is 0.0277. The first-order valence-corrected chi connectivity index (χ1v) is 10.5. The van der Waals surface area contributed by atoms with Gasteiger partial charge in [-0.3, -0.25) is 9.59 Å². The molecule has 2 aromatic carbocycles. The Morgan fingerprint density at radius 1 is 1.06 bits per heavy atom. The second-order valence-corrected chi connectivity index (χ2v) is 7.56. The summed E-state index contributed by atoms with van der Waals surface area (Å²) in [6.07, 6.45) is -4.58. The Kier molecular flexibility index (Phi) is 8.11. The van der Waals surface area contributed by atoms with Crippen LogP contribution in [0.15, 0.2) is 42.5 Å². The van der Waals surface area contributed by atoms with E-state index in [0.29, 0.717) is 38.5 Å². The number of hydrogen-bond acceptors (Lipinski definition) is 6. The van der Waals surface area contributed by atoms with E-state index in [1.54, 1.807) is 12.1 Å². The third-order valence-electron chi connectivity index (χ3n) is 5.02. The Morgan fingerprint density at radius 3 is 2.35 bits per heavy atom. The van der Waals surface area contributed by atoms with Crippen molar-refractivity contribution in [3.8, 4) is 0 Å². The zero-order valence-corrected chi connectivity index (χ0v) is 18.4. The fraction of sp³-hybridized carbons (Fsp3) is 0.348. The minimum Gasteiger partial charge on any atom is -0.452 e. The van der Waals surface area contributed by atoms with Crippen molar-refractivity contribution in [1.82, 2.24) is 5.32 Å². The van der Waals surface area contributed by atoms with Crippen LogP contribution in [0.1, 0.15) is 28.4 Å². The molecule has 0 aliphatic carbocycles. The van der Waals surface area contributed by atoms with Gasteiger partial charge in [0.15, 0.2) is 6.61 Å². The molecule has 2 amide bonds.